The summed E-state index contributed by atoms with van der Waals surface area (Å²) in [7, 11) is -1.12. The average Bonchev–Trinajstić information content (AvgIpc) is 2.26. The number of nitrogens with two attached hydrogens (primary N) is 1. The van der Waals surface area contributed by atoms with Crippen LogP contribution in [-0.2, 0) is 11.0 Å². The van der Waals surface area contributed by atoms with E-state index in [2.05, 4.69) is 6.92 Å². The predicted molar refractivity (Wildman–Crippen MR) is 73.6 cm³/mol. The molecule has 16 heavy (non-hydrogen) atoms. The van der Waals surface area contributed by atoms with Crippen LogP contribution in [-0.4, -0.2) is 9.46 Å². The van der Waals surface area contributed by atoms with Crippen molar-refractivity contribution < 1.29 is 4.21 Å². The van der Waals surface area contributed by atoms with Crippen LogP contribution in [0.1, 0.15) is 78.1 Å². The van der Waals surface area contributed by atoms with E-state index in [1.54, 1.807) is 0 Å². The molecule has 2 unspecified atom stereocenters. The summed E-state index contributed by atoms with van der Waals surface area (Å²) in [6, 6.07) is 0. The van der Waals surface area contributed by atoms with Gasteiger partial charge in [-0.2, -0.15) is 0 Å². The molecular formula is C13H29NOS. The SMILES string of the molecule is CCCCCCCCCCCC(C)S(N)=O. The first-order valence-electron chi connectivity index (χ1n) is 6.83. The molecule has 0 rings (SSSR count). The van der Waals surface area contributed by atoms with E-state index in [0.717, 1.165) is 6.42 Å². The number of unbranched alkanes of at least 4 members (excludes halogenated alkanes) is 8. The molecule has 0 aromatic carbocycles. The van der Waals surface area contributed by atoms with Crippen molar-refractivity contribution >= 4 is 11.0 Å². The molecular weight excluding hydrogens is 218 g/mol. The van der Waals surface area contributed by atoms with Gasteiger partial charge in [0.15, 0.2) is 0 Å². The van der Waals surface area contributed by atoms with Crippen molar-refractivity contribution in [3.63, 3.8) is 0 Å². The van der Waals surface area contributed by atoms with Crippen LogP contribution in [0, 0.1) is 0 Å². The molecule has 0 aliphatic rings. The van der Waals surface area contributed by atoms with E-state index in [4.69, 9.17) is 5.14 Å². The third-order valence-electron chi connectivity index (χ3n) is 3.11. The fourth-order valence-corrected chi connectivity index (χ4v) is 2.26. The van der Waals surface area contributed by atoms with E-state index in [1.807, 2.05) is 6.92 Å². The maximum atomic E-state index is 10.9. The van der Waals surface area contributed by atoms with E-state index < -0.39 is 11.0 Å². The number of hydrogen-bond donors (Lipinski definition) is 1. The molecule has 0 fully saturated rings. The van der Waals surface area contributed by atoms with Gasteiger partial charge in [-0.25, -0.2) is 4.21 Å². The minimum atomic E-state index is -1.12. The Balaban J connectivity index is 3.07. The van der Waals surface area contributed by atoms with Gasteiger partial charge < -0.3 is 0 Å². The van der Waals surface area contributed by atoms with Crippen LogP contribution in [0.2, 0.25) is 0 Å². The van der Waals surface area contributed by atoms with E-state index in [-0.39, 0.29) is 5.25 Å². The highest BCUT2D eigenvalue weighted by Crippen LogP contribution is 2.12. The minimum absolute atomic E-state index is 0.171. The second kappa shape index (κ2) is 11.6. The Bertz CT molecular complexity index is 173. The van der Waals surface area contributed by atoms with Gasteiger partial charge in [0.1, 0.15) is 0 Å². The van der Waals surface area contributed by atoms with Crippen LogP contribution >= 0.6 is 0 Å². The molecule has 0 aromatic rings. The fourth-order valence-electron chi connectivity index (χ4n) is 1.86. The first-order valence-corrected chi connectivity index (χ1v) is 8.11. The molecule has 2 N–H and O–H groups in total. The Labute approximate surface area is 104 Å². The Morgan fingerprint density at radius 2 is 1.38 bits per heavy atom. The van der Waals surface area contributed by atoms with Crippen molar-refractivity contribution in [3.05, 3.63) is 0 Å². The molecule has 2 atom stereocenters. The van der Waals surface area contributed by atoms with Gasteiger partial charge in [0, 0.05) is 5.25 Å². The first kappa shape index (κ1) is 16.1. The molecule has 98 valence electrons. The molecule has 0 radical (unpaired) electrons. The summed E-state index contributed by atoms with van der Waals surface area (Å²) >= 11 is 0. The highest BCUT2D eigenvalue weighted by molar-refractivity contribution is 7.83. The minimum Gasteiger partial charge on any atom is -0.252 e. The van der Waals surface area contributed by atoms with E-state index >= 15 is 0 Å². The van der Waals surface area contributed by atoms with Gasteiger partial charge in [-0.15, -0.1) is 0 Å². The molecule has 2 nitrogen and oxygen atoms in total. The van der Waals surface area contributed by atoms with Crippen molar-refractivity contribution in [1.82, 2.24) is 0 Å². The summed E-state index contributed by atoms with van der Waals surface area (Å²) in [6.45, 7) is 4.23. The van der Waals surface area contributed by atoms with Crippen LogP contribution in [0.15, 0.2) is 0 Å². The standard InChI is InChI=1S/C13H29NOS/c1-3-4-5-6-7-8-9-10-11-12-13(2)16(14)15/h13H,3-12,14H2,1-2H3. The lowest BCUT2D eigenvalue weighted by molar-refractivity contribution is 0.553. The molecule has 0 saturated heterocycles. The fraction of sp³-hybridized carbons (Fsp3) is 1.00. The van der Waals surface area contributed by atoms with Gasteiger partial charge >= 0.3 is 0 Å². The summed E-state index contributed by atoms with van der Waals surface area (Å²) in [5.74, 6) is 0. The highest BCUT2D eigenvalue weighted by Gasteiger charge is 2.05. The van der Waals surface area contributed by atoms with Gasteiger partial charge in [-0.1, -0.05) is 64.7 Å². The van der Waals surface area contributed by atoms with Gasteiger partial charge in [0.05, 0.1) is 11.0 Å². The van der Waals surface area contributed by atoms with Crippen molar-refractivity contribution in [2.75, 3.05) is 0 Å². The Hall–Kier alpha value is 0.110. The van der Waals surface area contributed by atoms with Crippen molar-refractivity contribution in [2.24, 2.45) is 5.14 Å². The molecule has 0 aliphatic heterocycles. The normalized spacial score (nSPS) is 14.9. The Morgan fingerprint density at radius 3 is 1.81 bits per heavy atom. The number of hydrogen-bond acceptors (Lipinski definition) is 1. The third-order valence-corrected chi connectivity index (χ3v) is 4.14. The van der Waals surface area contributed by atoms with Crippen molar-refractivity contribution in [2.45, 2.75) is 83.3 Å². The second-order valence-corrected chi connectivity index (χ2v) is 6.22. The highest BCUT2D eigenvalue weighted by atomic mass is 32.2. The molecule has 0 amide bonds. The van der Waals surface area contributed by atoms with E-state index in [1.165, 1.54) is 57.8 Å². The molecule has 0 heterocycles. The summed E-state index contributed by atoms with van der Waals surface area (Å²) in [5.41, 5.74) is 0. The van der Waals surface area contributed by atoms with Crippen molar-refractivity contribution in [3.8, 4) is 0 Å². The maximum absolute atomic E-state index is 10.9. The molecule has 0 aromatic heterocycles. The second-order valence-electron chi connectivity index (χ2n) is 4.76. The topological polar surface area (TPSA) is 43.1 Å². The lowest BCUT2D eigenvalue weighted by Crippen LogP contribution is -2.17. The maximum Gasteiger partial charge on any atom is 0.0916 e. The zero-order chi connectivity index (χ0) is 12.2. The van der Waals surface area contributed by atoms with Gasteiger partial charge in [0.25, 0.3) is 0 Å². The summed E-state index contributed by atoms with van der Waals surface area (Å²) in [5, 5.41) is 5.49. The van der Waals surface area contributed by atoms with Gasteiger partial charge in [0.2, 0.25) is 0 Å². The van der Waals surface area contributed by atoms with Crippen LogP contribution in [0.5, 0.6) is 0 Å². The lowest BCUT2D eigenvalue weighted by Gasteiger charge is -2.06. The zero-order valence-corrected chi connectivity index (χ0v) is 11.9. The van der Waals surface area contributed by atoms with Crippen LogP contribution in [0.25, 0.3) is 0 Å². The molecule has 0 aliphatic carbocycles. The van der Waals surface area contributed by atoms with E-state index in [9.17, 15) is 4.21 Å². The van der Waals surface area contributed by atoms with Crippen LogP contribution < -0.4 is 5.14 Å². The third kappa shape index (κ3) is 10.6. The average molecular weight is 247 g/mol. The zero-order valence-electron chi connectivity index (χ0n) is 11.0. The molecule has 0 bridgehead atoms. The summed E-state index contributed by atoms with van der Waals surface area (Å²) in [4.78, 5) is 0. The number of rotatable bonds is 11. The Morgan fingerprint density at radius 1 is 0.938 bits per heavy atom. The van der Waals surface area contributed by atoms with Crippen LogP contribution in [0.3, 0.4) is 0 Å². The molecule has 0 saturated carbocycles. The smallest absolute Gasteiger partial charge is 0.0916 e. The van der Waals surface area contributed by atoms with Crippen molar-refractivity contribution in [1.29, 1.82) is 0 Å². The van der Waals surface area contributed by atoms with Gasteiger partial charge in [-0.3, -0.25) is 5.14 Å². The molecule has 3 heteroatoms. The lowest BCUT2D eigenvalue weighted by atomic mass is 10.1. The van der Waals surface area contributed by atoms with E-state index in [0.29, 0.717) is 0 Å². The first-order chi connectivity index (χ1) is 7.68. The largest absolute Gasteiger partial charge is 0.252 e. The van der Waals surface area contributed by atoms with Crippen LogP contribution in [0.4, 0.5) is 0 Å². The molecule has 0 spiro atoms. The quantitative estimate of drug-likeness (QED) is 0.553. The summed E-state index contributed by atoms with van der Waals surface area (Å²) in [6.07, 6.45) is 13.1. The van der Waals surface area contributed by atoms with Gasteiger partial charge in [-0.05, 0) is 13.3 Å². The summed E-state index contributed by atoms with van der Waals surface area (Å²) < 4.78 is 10.9. The Kier molecular flexibility index (Phi) is 11.7. The predicted octanol–water partition coefficient (Wildman–Crippen LogP) is 3.92. The monoisotopic (exact) mass is 247 g/mol.